The fraction of sp³-hybridized carbons (Fsp3) is 0.579. The normalized spacial score (nSPS) is 23.4. The van der Waals surface area contributed by atoms with Crippen LogP contribution in [0.25, 0.3) is 0 Å². The number of ether oxygens (including phenoxy) is 1. The van der Waals surface area contributed by atoms with E-state index in [0.29, 0.717) is 36.9 Å². The number of morpholine rings is 1. The molecule has 2 aliphatic heterocycles. The molecule has 158 valence electrons. The van der Waals surface area contributed by atoms with E-state index in [9.17, 15) is 18.0 Å². The van der Waals surface area contributed by atoms with Crippen molar-refractivity contribution in [2.45, 2.75) is 53.2 Å². The lowest BCUT2D eigenvalue weighted by molar-refractivity contribution is -0.137. The van der Waals surface area contributed by atoms with Gasteiger partial charge in [-0.25, -0.2) is 13.1 Å². The first-order valence-corrected chi connectivity index (χ1v) is 12.3. The summed E-state index contributed by atoms with van der Waals surface area (Å²) in [5, 5.41) is 1.84. The van der Waals surface area contributed by atoms with E-state index in [-0.39, 0.29) is 16.8 Å². The molecule has 4 rings (SSSR count). The first-order valence-electron chi connectivity index (χ1n) is 9.94. The highest BCUT2D eigenvalue weighted by atomic mass is 32.2. The summed E-state index contributed by atoms with van der Waals surface area (Å²) >= 11 is 1.16. The van der Waals surface area contributed by atoms with Crippen LogP contribution in [0.3, 0.4) is 0 Å². The Kier molecular flexibility index (Phi) is 6.14. The average molecular weight is 440 g/mol. The van der Waals surface area contributed by atoms with Crippen molar-refractivity contribution in [2.24, 2.45) is 0 Å². The highest BCUT2D eigenvalue weighted by Crippen LogP contribution is 2.38. The van der Waals surface area contributed by atoms with Crippen LogP contribution in [0.5, 0.6) is 0 Å². The van der Waals surface area contributed by atoms with Gasteiger partial charge in [0.25, 0.3) is 0 Å². The lowest BCUT2D eigenvalue weighted by Crippen LogP contribution is -2.49. The van der Waals surface area contributed by atoms with Gasteiger partial charge in [0.15, 0.2) is 5.25 Å². The Balaban J connectivity index is 1.49. The van der Waals surface area contributed by atoms with E-state index in [4.69, 9.17) is 4.74 Å². The summed E-state index contributed by atoms with van der Waals surface area (Å²) in [6.45, 7) is 1.88. The van der Waals surface area contributed by atoms with Gasteiger partial charge >= 0.3 is 0 Å². The standard InChI is InChI=1S/C19H25N3O5S2/c23-18-17(19(24)22-8-10-27-11-9-22)28-16-7-6-14(12-15(16)20-18)29(25,26)21-13-4-2-1-3-5-13/h6-7,12-13,17,21H,1-5,8-11H2,(H,20,23)/t17-/m0/s1. The first kappa shape index (κ1) is 20.6. The third-order valence-electron chi connectivity index (χ3n) is 5.48. The van der Waals surface area contributed by atoms with Crippen LogP contribution in [0.15, 0.2) is 28.0 Å². The van der Waals surface area contributed by atoms with Crippen molar-refractivity contribution in [3.8, 4) is 0 Å². The predicted molar refractivity (Wildman–Crippen MR) is 109 cm³/mol. The van der Waals surface area contributed by atoms with Crippen LogP contribution in [0.1, 0.15) is 32.1 Å². The monoisotopic (exact) mass is 439 g/mol. The number of hydrogen-bond donors (Lipinski definition) is 2. The SMILES string of the molecule is O=C1Nc2cc(S(=O)(=O)NC3CCCCC3)ccc2S[C@@H]1C(=O)N1CCOCC1. The van der Waals surface area contributed by atoms with E-state index in [1.54, 1.807) is 11.0 Å². The lowest BCUT2D eigenvalue weighted by atomic mass is 9.96. The van der Waals surface area contributed by atoms with Gasteiger partial charge < -0.3 is 15.0 Å². The van der Waals surface area contributed by atoms with Gasteiger partial charge in [0.05, 0.1) is 23.8 Å². The second-order valence-corrected chi connectivity index (χ2v) is 10.4. The summed E-state index contributed by atoms with van der Waals surface area (Å²) in [5.41, 5.74) is 0.428. The second-order valence-electron chi connectivity index (χ2n) is 7.54. The number of thioether (sulfide) groups is 1. The van der Waals surface area contributed by atoms with Gasteiger partial charge in [-0.15, -0.1) is 11.8 Å². The summed E-state index contributed by atoms with van der Waals surface area (Å²) in [7, 11) is -3.66. The average Bonchev–Trinajstić information content (AvgIpc) is 2.73. The molecule has 10 heteroatoms. The van der Waals surface area contributed by atoms with Crippen LogP contribution in [0.2, 0.25) is 0 Å². The highest BCUT2D eigenvalue weighted by molar-refractivity contribution is 8.01. The minimum Gasteiger partial charge on any atom is -0.378 e. The number of nitrogens with zero attached hydrogens (tertiary/aromatic N) is 1. The molecule has 0 unspecified atom stereocenters. The molecule has 0 spiro atoms. The number of anilines is 1. The number of sulfonamides is 1. The van der Waals surface area contributed by atoms with Crippen LogP contribution in [0.4, 0.5) is 5.69 Å². The van der Waals surface area contributed by atoms with Crippen molar-refractivity contribution in [2.75, 3.05) is 31.6 Å². The van der Waals surface area contributed by atoms with Crippen LogP contribution in [-0.2, 0) is 24.3 Å². The number of benzene rings is 1. The number of amides is 2. The van der Waals surface area contributed by atoms with Crippen molar-refractivity contribution in [1.29, 1.82) is 0 Å². The molecular weight excluding hydrogens is 414 g/mol. The van der Waals surface area contributed by atoms with Crippen molar-refractivity contribution in [3.05, 3.63) is 18.2 Å². The Labute approximate surface area is 174 Å². The van der Waals surface area contributed by atoms with Crippen LogP contribution >= 0.6 is 11.8 Å². The minimum absolute atomic E-state index is 0.0377. The Bertz CT molecular complexity index is 893. The third-order valence-corrected chi connectivity index (χ3v) is 8.26. The van der Waals surface area contributed by atoms with Gasteiger partial charge in [0, 0.05) is 24.0 Å². The lowest BCUT2D eigenvalue weighted by Gasteiger charge is -2.31. The summed E-state index contributed by atoms with van der Waals surface area (Å²) in [4.78, 5) is 27.7. The molecule has 2 fully saturated rings. The van der Waals surface area contributed by atoms with Gasteiger partial charge in [-0.3, -0.25) is 9.59 Å². The molecule has 3 aliphatic rings. The molecule has 2 amide bonds. The summed E-state index contributed by atoms with van der Waals surface area (Å²) < 4.78 is 33.5. The van der Waals surface area contributed by atoms with Crippen molar-refractivity contribution < 1.29 is 22.7 Å². The maximum Gasteiger partial charge on any atom is 0.247 e. The quantitative estimate of drug-likeness (QED) is 0.690. The fourth-order valence-corrected chi connectivity index (χ4v) is 6.26. The van der Waals surface area contributed by atoms with Gasteiger partial charge in [0.2, 0.25) is 21.8 Å². The first-order chi connectivity index (χ1) is 13.9. The summed E-state index contributed by atoms with van der Waals surface area (Å²) in [6, 6.07) is 4.63. The minimum atomic E-state index is -3.66. The van der Waals surface area contributed by atoms with Crippen molar-refractivity contribution in [1.82, 2.24) is 9.62 Å². The molecule has 29 heavy (non-hydrogen) atoms. The maximum absolute atomic E-state index is 12.7. The molecule has 2 N–H and O–H groups in total. The second kappa shape index (κ2) is 8.63. The molecule has 1 aliphatic carbocycles. The molecule has 0 aromatic heterocycles. The number of carbonyl (C=O) groups excluding carboxylic acids is 2. The molecule has 1 saturated heterocycles. The number of rotatable bonds is 4. The molecule has 2 heterocycles. The van der Waals surface area contributed by atoms with E-state index in [1.807, 2.05) is 0 Å². The van der Waals surface area contributed by atoms with Crippen LogP contribution in [0, 0.1) is 0 Å². The van der Waals surface area contributed by atoms with Gasteiger partial charge in [-0.1, -0.05) is 19.3 Å². The van der Waals surface area contributed by atoms with E-state index in [0.717, 1.165) is 43.9 Å². The molecule has 1 aromatic rings. The molecule has 1 saturated carbocycles. The zero-order valence-electron chi connectivity index (χ0n) is 16.1. The third kappa shape index (κ3) is 4.60. The molecule has 0 radical (unpaired) electrons. The Morgan fingerprint density at radius 2 is 1.90 bits per heavy atom. The van der Waals surface area contributed by atoms with E-state index >= 15 is 0 Å². The zero-order valence-corrected chi connectivity index (χ0v) is 17.7. The molecule has 1 atom stereocenters. The molecule has 8 nitrogen and oxygen atoms in total. The molecular formula is C19H25N3O5S2. The van der Waals surface area contributed by atoms with Gasteiger partial charge in [0.1, 0.15) is 0 Å². The number of nitrogens with one attached hydrogen (secondary N) is 2. The topological polar surface area (TPSA) is 105 Å². The van der Waals surface area contributed by atoms with Gasteiger partial charge in [-0.05, 0) is 31.0 Å². The van der Waals surface area contributed by atoms with Crippen LogP contribution < -0.4 is 10.0 Å². The van der Waals surface area contributed by atoms with Crippen molar-refractivity contribution in [3.63, 3.8) is 0 Å². The zero-order chi connectivity index (χ0) is 20.4. The number of hydrogen-bond acceptors (Lipinski definition) is 6. The molecule has 1 aromatic carbocycles. The fourth-order valence-electron chi connectivity index (χ4n) is 3.88. The Morgan fingerprint density at radius 3 is 2.62 bits per heavy atom. The highest BCUT2D eigenvalue weighted by Gasteiger charge is 2.37. The predicted octanol–water partition coefficient (Wildman–Crippen LogP) is 1.57. The van der Waals surface area contributed by atoms with Crippen LogP contribution in [-0.4, -0.2) is 62.7 Å². The van der Waals surface area contributed by atoms with E-state index in [1.165, 1.54) is 12.1 Å². The summed E-state index contributed by atoms with van der Waals surface area (Å²) in [6.07, 6.45) is 4.90. The Morgan fingerprint density at radius 1 is 1.17 bits per heavy atom. The summed E-state index contributed by atoms with van der Waals surface area (Å²) in [5.74, 6) is -0.661. The van der Waals surface area contributed by atoms with Gasteiger partial charge in [-0.2, -0.15) is 0 Å². The van der Waals surface area contributed by atoms with Crippen molar-refractivity contribution >= 4 is 39.3 Å². The van der Waals surface area contributed by atoms with E-state index < -0.39 is 21.2 Å². The largest absolute Gasteiger partial charge is 0.378 e. The smallest absolute Gasteiger partial charge is 0.247 e. The number of carbonyl (C=O) groups is 2. The van der Waals surface area contributed by atoms with E-state index in [2.05, 4.69) is 10.0 Å². The Hall–Kier alpha value is -1.62. The maximum atomic E-state index is 12.7. The molecule has 0 bridgehead atoms. The number of fused-ring (bicyclic) bond motifs is 1.